The molecule has 1 unspecified atom stereocenters. The van der Waals surface area contributed by atoms with Crippen LogP contribution in [0.3, 0.4) is 0 Å². The van der Waals surface area contributed by atoms with Gasteiger partial charge in [-0.25, -0.2) is 9.59 Å². The number of amides is 2. The predicted octanol–water partition coefficient (Wildman–Crippen LogP) is 9.35. The molecule has 3 aromatic carbocycles. The molecule has 1 N–H and O–H groups in total. The van der Waals surface area contributed by atoms with Crippen molar-refractivity contribution in [3.63, 3.8) is 0 Å². The molecule has 1 fully saturated rings. The fourth-order valence-electron chi connectivity index (χ4n) is 6.38. The number of halogens is 6. The van der Waals surface area contributed by atoms with E-state index in [2.05, 4.69) is 5.32 Å². The number of hydrogen-bond donors (Lipinski definition) is 1. The Hall–Kier alpha value is -4.79. The predicted molar refractivity (Wildman–Crippen MR) is 185 cm³/mol. The molecule has 0 bridgehead atoms. The summed E-state index contributed by atoms with van der Waals surface area (Å²) in [4.78, 5) is 42.1. The lowest BCUT2D eigenvalue weighted by molar-refractivity contribution is -0.148. The number of hydrogen-bond acceptors (Lipinski definition) is 7. The summed E-state index contributed by atoms with van der Waals surface area (Å²) in [5.41, 5.74) is -4.73. The number of esters is 1. The van der Waals surface area contributed by atoms with Gasteiger partial charge in [-0.05, 0) is 82.3 Å². The highest BCUT2D eigenvalue weighted by Gasteiger charge is 2.53. The first-order valence-corrected chi connectivity index (χ1v) is 17.3. The molecule has 1 aliphatic rings. The Kier molecular flexibility index (Phi) is 13.3. The monoisotopic (exact) mass is 766 g/mol. The minimum absolute atomic E-state index is 0.00945. The average molecular weight is 767 g/mol. The van der Waals surface area contributed by atoms with E-state index in [0.717, 1.165) is 0 Å². The van der Waals surface area contributed by atoms with Crippen molar-refractivity contribution in [1.82, 2.24) is 10.2 Å². The lowest BCUT2D eigenvalue weighted by Crippen LogP contribution is -2.67. The smallest absolute Gasteiger partial charge is 0.416 e. The van der Waals surface area contributed by atoms with Gasteiger partial charge in [0, 0.05) is 0 Å². The highest BCUT2D eigenvalue weighted by molar-refractivity contribution is 5.75. The van der Waals surface area contributed by atoms with Crippen LogP contribution in [0.4, 0.5) is 35.9 Å². The van der Waals surface area contributed by atoms with Crippen LogP contribution in [-0.2, 0) is 48.2 Å². The molecule has 2 amide bonds. The molecule has 4 atom stereocenters. The Bertz CT molecular complexity index is 1700. The minimum atomic E-state index is -5.08. The maximum atomic E-state index is 14.5. The number of benzene rings is 3. The Morgan fingerprint density at radius 2 is 1.44 bits per heavy atom. The third-order valence-corrected chi connectivity index (χ3v) is 8.87. The van der Waals surface area contributed by atoms with E-state index in [1.807, 2.05) is 0 Å². The number of carbonyl (C=O) groups is 3. The van der Waals surface area contributed by atoms with E-state index in [0.29, 0.717) is 23.3 Å². The van der Waals surface area contributed by atoms with Crippen molar-refractivity contribution >= 4 is 18.2 Å². The van der Waals surface area contributed by atoms with Crippen molar-refractivity contribution in [3.8, 4) is 0 Å². The Morgan fingerprint density at radius 1 is 0.870 bits per heavy atom. The van der Waals surface area contributed by atoms with Crippen LogP contribution in [0.5, 0.6) is 0 Å². The van der Waals surface area contributed by atoms with E-state index >= 15 is 0 Å². The van der Waals surface area contributed by atoms with Crippen LogP contribution in [0.2, 0.25) is 0 Å². The molecule has 0 radical (unpaired) electrons. The summed E-state index contributed by atoms with van der Waals surface area (Å²) in [7, 11) is 0. The Balaban J connectivity index is 1.84. The number of alkyl halides is 6. The number of rotatable bonds is 11. The maximum Gasteiger partial charge on any atom is 0.416 e. The highest BCUT2D eigenvalue weighted by atomic mass is 19.4. The van der Waals surface area contributed by atoms with Gasteiger partial charge in [-0.3, -0.25) is 9.69 Å². The number of carbonyl (C=O) groups excluding carboxylic acids is 3. The van der Waals surface area contributed by atoms with E-state index in [-0.39, 0.29) is 32.1 Å². The number of piperidine rings is 1. The third-order valence-electron chi connectivity index (χ3n) is 8.87. The average Bonchev–Trinajstić information content (AvgIpc) is 3.09. The molecule has 294 valence electrons. The molecule has 15 heteroatoms. The molecule has 9 nitrogen and oxygen atoms in total. The van der Waals surface area contributed by atoms with Crippen molar-refractivity contribution in [2.45, 2.75) is 102 Å². The Labute approximate surface area is 309 Å². The van der Waals surface area contributed by atoms with Crippen LogP contribution < -0.4 is 5.32 Å². The van der Waals surface area contributed by atoms with E-state index < -0.39 is 89.6 Å². The second-order valence-corrected chi connectivity index (χ2v) is 14.0. The fourth-order valence-corrected chi connectivity index (χ4v) is 6.38. The molecule has 0 aromatic heterocycles. The van der Waals surface area contributed by atoms with Crippen molar-refractivity contribution in [1.29, 1.82) is 0 Å². The van der Waals surface area contributed by atoms with Crippen LogP contribution in [-0.4, -0.2) is 54.0 Å². The Morgan fingerprint density at radius 3 is 1.98 bits per heavy atom. The minimum Gasteiger partial charge on any atom is -0.466 e. The first-order valence-electron chi connectivity index (χ1n) is 17.3. The summed E-state index contributed by atoms with van der Waals surface area (Å²) >= 11 is 0. The van der Waals surface area contributed by atoms with E-state index in [1.54, 1.807) is 88.4 Å². The number of nitrogens with one attached hydrogen (secondary N) is 1. The normalized spacial score (nSPS) is 19.8. The van der Waals surface area contributed by atoms with Crippen molar-refractivity contribution in [3.05, 3.63) is 107 Å². The fraction of sp³-hybridized carbons (Fsp3) is 0.462. The van der Waals surface area contributed by atoms with Gasteiger partial charge in [-0.2, -0.15) is 26.3 Å². The van der Waals surface area contributed by atoms with Gasteiger partial charge in [-0.1, -0.05) is 60.7 Å². The third kappa shape index (κ3) is 10.9. The van der Waals surface area contributed by atoms with Crippen molar-refractivity contribution in [2.24, 2.45) is 0 Å². The van der Waals surface area contributed by atoms with Crippen LogP contribution in [0.15, 0.2) is 78.9 Å². The summed E-state index contributed by atoms with van der Waals surface area (Å²) in [6, 6.07) is 16.3. The molecule has 1 saturated heterocycles. The van der Waals surface area contributed by atoms with Gasteiger partial charge in [-0.15, -0.1) is 0 Å². The standard InChI is InChI=1S/C39H44F6N2O7/c1-6-51-33(48)22-32-31(46-34(49)54-36(3,4)5)17-18-37(28-15-11-8-12-16-28,47(32)35(50)52-23-26-13-9-7-10-14-26)24-53-25(2)27-19-29(38(40,41)42)21-30(20-27)39(43,44)45/h7-16,19-21,25,31-32H,6,17-18,22-24H2,1-5H3,(H,46,49)/t25-,31+,32-,37?/m1/s1. The largest absolute Gasteiger partial charge is 0.466 e. The molecule has 54 heavy (non-hydrogen) atoms. The van der Waals surface area contributed by atoms with E-state index in [1.165, 1.54) is 11.8 Å². The molecular weight excluding hydrogens is 722 g/mol. The molecule has 0 spiro atoms. The SMILES string of the molecule is CCOC(=O)C[C@@H]1[C@@H](NC(=O)OC(C)(C)C)CCC(CO[C@H](C)c2cc(C(F)(F)F)cc(C(F)(F)F)c2)(c2ccccc2)N1C(=O)OCc1ccccc1. The zero-order chi connectivity index (χ0) is 39.9. The summed E-state index contributed by atoms with van der Waals surface area (Å²) in [5, 5.41) is 2.78. The van der Waals surface area contributed by atoms with Crippen LogP contribution >= 0.6 is 0 Å². The van der Waals surface area contributed by atoms with Crippen LogP contribution in [0.25, 0.3) is 0 Å². The molecule has 3 aromatic rings. The van der Waals surface area contributed by atoms with E-state index in [9.17, 15) is 40.7 Å². The van der Waals surface area contributed by atoms with Gasteiger partial charge in [0.15, 0.2) is 0 Å². The van der Waals surface area contributed by atoms with Crippen molar-refractivity contribution in [2.75, 3.05) is 13.2 Å². The number of nitrogens with zero attached hydrogens (tertiary/aromatic N) is 1. The van der Waals surface area contributed by atoms with Gasteiger partial charge in [0.25, 0.3) is 0 Å². The zero-order valence-electron chi connectivity index (χ0n) is 30.6. The van der Waals surface area contributed by atoms with Crippen molar-refractivity contribution < 1.29 is 59.7 Å². The summed E-state index contributed by atoms with van der Waals surface area (Å²) < 4.78 is 105. The number of likely N-dealkylation sites (tertiary alicyclic amines) is 1. The summed E-state index contributed by atoms with van der Waals surface area (Å²) in [6.45, 7) is 7.25. The van der Waals surface area contributed by atoms with Gasteiger partial charge in [0.05, 0.1) is 54.5 Å². The van der Waals surface area contributed by atoms with Gasteiger partial charge >= 0.3 is 30.5 Å². The zero-order valence-corrected chi connectivity index (χ0v) is 30.6. The number of alkyl carbamates (subject to hydrolysis) is 1. The first-order chi connectivity index (χ1) is 25.2. The van der Waals surface area contributed by atoms with Crippen LogP contribution in [0.1, 0.15) is 87.8 Å². The lowest BCUT2D eigenvalue weighted by atomic mass is 9.76. The molecule has 1 heterocycles. The number of ether oxygens (including phenoxy) is 4. The van der Waals surface area contributed by atoms with Gasteiger partial charge in [0.1, 0.15) is 12.2 Å². The van der Waals surface area contributed by atoms with Gasteiger partial charge in [0.2, 0.25) is 0 Å². The summed E-state index contributed by atoms with van der Waals surface area (Å²) in [6.07, 6.45) is -13.5. The van der Waals surface area contributed by atoms with Crippen LogP contribution in [0, 0.1) is 0 Å². The van der Waals surface area contributed by atoms with Gasteiger partial charge < -0.3 is 24.3 Å². The van der Waals surface area contributed by atoms with E-state index in [4.69, 9.17) is 18.9 Å². The topological polar surface area (TPSA) is 103 Å². The quantitative estimate of drug-likeness (QED) is 0.118. The highest BCUT2D eigenvalue weighted by Crippen LogP contribution is 2.44. The first kappa shape index (κ1) is 42.0. The molecular formula is C39H44F6N2O7. The lowest BCUT2D eigenvalue weighted by Gasteiger charge is -2.53. The maximum absolute atomic E-state index is 14.5. The molecule has 4 rings (SSSR count). The molecule has 0 aliphatic carbocycles. The second-order valence-electron chi connectivity index (χ2n) is 14.0. The molecule has 0 saturated carbocycles. The molecule has 1 aliphatic heterocycles. The second kappa shape index (κ2) is 17.1. The summed E-state index contributed by atoms with van der Waals surface area (Å²) in [5.74, 6) is -0.707.